The Morgan fingerprint density at radius 2 is 2.18 bits per heavy atom. The smallest absolute Gasteiger partial charge is 0.0830 e. The van der Waals surface area contributed by atoms with Crippen molar-refractivity contribution >= 4 is 0 Å². The summed E-state index contributed by atoms with van der Waals surface area (Å²) in [5, 5.41) is 9.85. The Hall–Kier alpha value is -0.300. The van der Waals surface area contributed by atoms with E-state index in [9.17, 15) is 5.11 Å². The molecule has 0 saturated heterocycles. The van der Waals surface area contributed by atoms with Gasteiger partial charge < -0.3 is 5.11 Å². The highest BCUT2D eigenvalue weighted by molar-refractivity contribution is 5.05. The van der Waals surface area contributed by atoms with Gasteiger partial charge >= 0.3 is 0 Å². The SMILES string of the molecule is C=CC1(O)CCC(C)(CC)C1. The molecule has 0 aromatic carbocycles. The molecule has 0 aromatic heterocycles. The lowest BCUT2D eigenvalue weighted by atomic mass is 9.84. The molecular weight excluding hydrogens is 136 g/mol. The molecule has 1 heteroatoms. The molecule has 1 fully saturated rings. The Morgan fingerprint density at radius 3 is 2.45 bits per heavy atom. The first-order valence-corrected chi connectivity index (χ1v) is 4.40. The van der Waals surface area contributed by atoms with Crippen LogP contribution in [0.15, 0.2) is 12.7 Å². The maximum Gasteiger partial charge on any atom is 0.0830 e. The molecule has 1 rings (SSSR count). The van der Waals surface area contributed by atoms with Gasteiger partial charge in [-0.05, 0) is 24.7 Å². The molecule has 1 nitrogen and oxygen atoms in total. The number of rotatable bonds is 2. The van der Waals surface area contributed by atoms with Gasteiger partial charge in [-0.3, -0.25) is 0 Å². The van der Waals surface area contributed by atoms with Crippen molar-refractivity contribution in [1.29, 1.82) is 0 Å². The number of hydrogen-bond acceptors (Lipinski definition) is 1. The molecule has 0 radical (unpaired) electrons. The highest BCUT2D eigenvalue weighted by Gasteiger charge is 2.41. The van der Waals surface area contributed by atoms with E-state index < -0.39 is 5.60 Å². The minimum absolute atomic E-state index is 0.350. The third kappa shape index (κ3) is 1.64. The molecule has 1 saturated carbocycles. The van der Waals surface area contributed by atoms with Gasteiger partial charge in [0.15, 0.2) is 0 Å². The number of aliphatic hydroxyl groups is 1. The summed E-state index contributed by atoms with van der Waals surface area (Å²) in [5.74, 6) is 0. The van der Waals surface area contributed by atoms with Crippen LogP contribution < -0.4 is 0 Å². The summed E-state index contributed by atoms with van der Waals surface area (Å²) in [7, 11) is 0. The van der Waals surface area contributed by atoms with Crippen molar-refractivity contribution in [2.45, 2.75) is 45.1 Å². The van der Waals surface area contributed by atoms with Gasteiger partial charge in [0.2, 0.25) is 0 Å². The topological polar surface area (TPSA) is 20.2 Å². The van der Waals surface area contributed by atoms with Crippen molar-refractivity contribution in [3.63, 3.8) is 0 Å². The largest absolute Gasteiger partial charge is 0.386 e. The average Bonchev–Trinajstić information content (AvgIpc) is 2.30. The van der Waals surface area contributed by atoms with E-state index in [1.807, 2.05) is 0 Å². The quantitative estimate of drug-likeness (QED) is 0.606. The van der Waals surface area contributed by atoms with E-state index in [4.69, 9.17) is 0 Å². The predicted molar refractivity (Wildman–Crippen MR) is 47.4 cm³/mol. The summed E-state index contributed by atoms with van der Waals surface area (Å²) in [6.45, 7) is 8.10. The summed E-state index contributed by atoms with van der Waals surface area (Å²) < 4.78 is 0. The molecule has 0 amide bonds. The Morgan fingerprint density at radius 1 is 1.55 bits per heavy atom. The Kier molecular flexibility index (Phi) is 2.10. The van der Waals surface area contributed by atoms with Crippen molar-refractivity contribution in [1.82, 2.24) is 0 Å². The predicted octanol–water partition coefficient (Wildman–Crippen LogP) is 2.50. The summed E-state index contributed by atoms with van der Waals surface area (Å²) >= 11 is 0. The van der Waals surface area contributed by atoms with Crippen LogP contribution >= 0.6 is 0 Å². The molecule has 0 aromatic rings. The molecule has 2 atom stereocenters. The van der Waals surface area contributed by atoms with Crippen LogP contribution in [0.4, 0.5) is 0 Å². The molecule has 1 aliphatic rings. The lowest BCUT2D eigenvalue weighted by Gasteiger charge is -2.24. The van der Waals surface area contributed by atoms with E-state index in [2.05, 4.69) is 20.4 Å². The zero-order valence-electron chi connectivity index (χ0n) is 7.56. The second-order valence-electron chi connectivity index (χ2n) is 4.15. The monoisotopic (exact) mass is 154 g/mol. The van der Waals surface area contributed by atoms with Gasteiger partial charge in [0, 0.05) is 0 Å². The van der Waals surface area contributed by atoms with Crippen molar-refractivity contribution in [2.75, 3.05) is 0 Å². The molecule has 0 heterocycles. The summed E-state index contributed by atoms with van der Waals surface area (Å²) in [6.07, 6.45) is 5.77. The van der Waals surface area contributed by atoms with Gasteiger partial charge in [-0.25, -0.2) is 0 Å². The van der Waals surface area contributed by atoms with Crippen LogP contribution in [0.5, 0.6) is 0 Å². The maximum absolute atomic E-state index is 9.85. The van der Waals surface area contributed by atoms with Crippen LogP contribution in [-0.2, 0) is 0 Å². The Balaban J connectivity index is 2.66. The van der Waals surface area contributed by atoms with Crippen LogP contribution in [0.1, 0.15) is 39.5 Å². The van der Waals surface area contributed by atoms with Crippen LogP contribution in [0, 0.1) is 5.41 Å². The molecule has 2 unspecified atom stereocenters. The minimum atomic E-state index is -0.565. The van der Waals surface area contributed by atoms with Gasteiger partial charge in [0.1, 0.15) is 0 Å². The van der Waals surface area contributed by atoms with E-state index in [1.165, 1.54) is 0 Å². The first kappa shape index (κ1) is 8.79. The first-order chi connectivity index (χ1) is 5.04. The Labute approximate surface area is 69.1 Å². The molecule has 0 spiro atoms. The third-order valence-electron chi connectivity index (χ3n) is 3.13. The van der Waals surface area contributed by atoms with Crippen molar-refractivity contribution in [2.24, 2.45) is 5.41 Å². The van der Waals surface area contributed by atoms with Gasteiger partial charge in [-0.2, -0.15) is 0 Å². The maximum atomic E-state index is 9.85. The zero-order chi connectivity index (χ0) is 8.54. The zero-order valence-corrected chi connectivity index (χ0v) is 7.56. The van der Waals surface area contributed by atoms with Crippen LogP contribution in [0.2, 0.25) is 0 Å². The summed E-state index contributed by atoms with van der Waals surface area (Å²) in [6, 6.07) is 0. The van der Waals surface area contributed by atoms with Gasteiger partial charge in [0.25, 0.3) is 0 Å². The van der Waals surface area contributed by atoms with Gasteiger partial charge in [0.05, 0.1) is 5.60 Å². The second-order valence-corrected chi connectivity index (χ2v) is 4.15. The van der Waals surface area contributed by atoms with E-state index in [-0.39, 0.29) is 0 Å². The number of hydrogen-bond donors (Lipinski definition) is 1. The van der Waals surface area contributed by atoms with E-state index in [1.54, 1.807) is 6.08 Å². The second kappa shape index (κ2) is 2.63. The standard InChI is InChI=1S/C10H18O/c1-4-9(3)6-7-10(11,5-2)8-9/h5,11H,2,4,6-8H2,1,3H3. The van der Waals surface area contributed by atoms with Crippen LogP contribution in [0.3, 0.4) is 0 Å². The van der Waals surface area contributed by atoms with Crippen LogP contribution in [-0.4, -0.2) is 10.7 Å². The molecule has 0 bridgehead atoms. The van der Waals surface area contributed by atoms with Crippen molar-refractivity contribution in [3.05, 3.63) is 12.7 Å². The molecule has 64 valence electrons. The molecule has 11 heavy (non-hydrogen) atoms. The minimum Gasteiger partial charge on any atom is -0.386 e. The molecule has 1 aliphatic carbocycles. The fraction of sp³-hybridized carbons (Fsp3) is 0.800. The normalized spacial score (nSPS) is 44.3. The molecule has 1 N–H and O–H groups in total. The fourth-order valence-electron chi connectivity index (χ4n) is 1.91. The summed E-state index contributed by atoms with van der Waals surface area (Å²) in [5.41, 5.74) is -0.215. The summed E-state index contributed by atoms with van der Waals surface area (Å²) in [4.78, 5) is 0. The fourth-order valence-corrected chi connectivity index (χ4v) is 1.91. The Bertz CT molecular complexity index is 164. The van der Waals surface area contributed by atoms with E-state index in [0.717, 1.165) is 25.7 Å². The van der Waals surface area contributed by atoms with Gasteiger partial charge in [-0.15, -0.1) is 6.58 Å². The van der Waals surface area contributed by atoms with E-state index >= 15 is 0 Å². The highest BCUT2D eigenvalue weighted by Crippen LogP contribution is 2.46. The lowest BCUT2D eigenvalue weighted by molar-refractivity contribution is 0.0844. The average molecular weight is 154 g/mol. The van der Waals surface area contributed by atoms with E-state index in [0.29, 0.717) is 5.41 Å². The van der Waals surface area contributed by atoms with Crippen LogP contribution in [0.25, 0.3) is 0 Å². The van der Waals surface area contributed by atoms with Crippen molar-refractivity contribution < 1.29 is 5.11 Å². The lowest BCUT2D eigenvalue weighted by Crippen LogP contribution is -2.23. The first-order valence-electron chi connectivity index (χ1n) is 4.40. The molecular formula is C10H18O. The third-order valence-corrected chi connectivity index (χ3v) is 3.13. The van der Waals surface area contributed by atoms with Crippen molar-refractivity contribution in [3.8, 4) is 0 Å². The highest BCUT2D eigenvalue weighted by atomic mass is 16.3. The molecule has 0 aliphatic heterocycles. The van der Waals surface area contributed by atoms with Gasteiger partial charge in [-0.1, -0.05) is 26.3 Å².